The third-order valence-corrected chi connectivity index (χ3v) is 4.15. The lowest BCUT2D eigenvalue weighted by atomic mass is 10.2. The van der Waals surface area contributed by atoms with Crippen molar-refractivity contribution in [3.63, 3.8) is 0 Å². The number of benzene rings is 2. The number of para-hydroxylation sites is 2. The molecule has 1 heterocycles. The predicted molar refractivity (Wildman–Crippen MR) is 105 cm³/mol. The van der Waals surface area contributed by atoms with E-state index in [1.54, 1.807) is 13.2 Å². The molecule has 1 aromatic heterocycles. The number of methoxy groups -OCH3 is 1. The molecule has 1 amide bonds. The van der Waals surface area contributed by atoms with Crippen LogP contribution in [-0.4, -0.2) is 30.0 Å². The van der Waals surface area contributed by atoms with Crippen LogP contribution in [0.5, 0.6) is 5.75 Å². The average Bonchev–Trinajstić information content (AvgIpc) is 2.71. The molecular formula is C21H22N4O2. The van der Waals surface area contributed by atoms with E-state index in [0.29, 0.717) is 18.2 Å². The number of nitrogens with zero attached hydrogens (tertiary/aromatic N) is 3. The summed E-state index contributed by atoms with van der Waals surface area (Å²) in [7, 11) is 3.49. The van der Waals surface area contributed by atoms with Crippen LogP contribution in [0.15, 0.2) is 60.7 Å². The number of carbonyl (C=O) groups is 1. The molecule has 0 unspecified atom stereocenters. The minimum absolute atomic E-state index is 0.255. The molecule has 3 aromatic rings. The SMILES string of the molecule is COc1ccccc1CNC(=O)c1cc(C)nc(N(C)c2ccccc2)n1. The summed E-state index contributed by atoms with van der Waals surface area (Å²) in [5, 5.41) is 2.90. The first kappa shape index (κ1) is 18.4. The van der Waals surface area contributed by atoms with Crippen LogP contribution in [0.4, 0.5) is 11.6 Å². The number of rotatable bonds is 6. The lowest BCUT2D eigenvalue weighted by Gasteiger charge is -2.18. The van der Waals surface area contributed by atoms with E-state index < -0.39 is 0 Å². The van der Waals surface area contributed by atoms with Gasteiger partial charge in [0.2, 0.25) is 5.95 Å². The Labute approximate surface area is 158 Å². The maximum absolute atomic E-state index is 12.6. The summed E-state index contributed by atoms with van der Waals surface area (Å²) in [4.78, 5) is 23.4. The second kappa shape index (κ2) is 8.31. The van der Waals surface area contributed by atoms with Crippen LogP contribution in [-0.2, 0) is 6.54 Å². The van der Waals surface area contributed by atoms with Gasteiger partial charge in [-0.2, -0.15) is 0 Å². The highest BCUT2D eigenvalue weighted by Gasteiger charge is 2.14. The van der Waals surface area contributed by atoms with E-state index in [9.17, 15) is 4.79 Å². The first-order valence-electron chi connectivity index (χ1n) is 8.63. The van der Waals surface area contributed by atoms with Gasteiger partial charge in [0.1, 0.15) is 11.4 Å². The molecule has 138 valence electrons. The van der Waals surface area contributed by atoms with Gasteiger partial charge < -0.3 is 15.0 Å². The molecule has 0 spiro atoms. The van der Waals surface area contributed by atoms with Crippen LogP contribution in [0.3, 0.4) is 0 Å². The van der Waals surface area contributed by atoms with Crippen molar-refractivity contribution in [3.8, 4) is 5.75 Å². The van der Waals surface area contributed by atoms with Crippen molar-refractivity contribution in [2.45, 2.75) is 13.5 Å². The highest BCUT2D eigenvalue weighted by atomic mass is 16.5. The quantitative estimate of drug-likeness (QED) is 0.727. The minimum atomic E-state index is -0.255. The summed E-state index contributed by atoms with van der Waals surface area (Å²) < 4.78 is 5.32. The first-order valence-corrected chi connectivity index (χ1v) is 8.63. The molecule has 0 aliphatic carbocycles. The van der Waals surface area contributed by atoms with E-state index in [1.807, 2.05) is 73.5 Å². The number of nitrogens with one attached hydrogen (secondary N) is 1. The number of ether oxygens (including phenoxy) is 1. The Kier molecular flexibility index (Phi) is 5.66. The van der Waals surface area contributed by atoms with Crippen molar-refractivity contribution in [1.29, 1.82) is 0 Å². The van der Waals surface area contributed by atoms with Gasteiger partial charge >= 0.3 is 0 Å². The standard InChI is InChI=1S/C21H22N4O2/c1-15-13-18(20(26)22-14-16-9-7-8-12-19(16)27-3)24-21(23-15)25(2)17-10-5-4-6-11-17/h4-13H,14H2,1-3H3,(H,22,26). The van der Waals surface area contributed by atoms with Gasteiger partial charge in [-0.25, -0.2) is 9.97 Å². The van der Waals surface area contributed by atoms with Gasteiger partial charge in [-0.1, -0.05) is 36.4 Å². The van der Waals surface area contributed by atoms with Crippen LogP contribution in [0.1, 0.15) is 21.7 Å². The first-order chi connectivity index (χ1) is 13.1. The number of amides is 1. The Balaban J connectivity index is 1.78. The van der Waals surface area contributed by atoms with Crippen molar-refractivity contribution in [3.05, 3.63) is 77.6 Å². The zero-order valence-electron chi connectivity index (χ0n) is 15.6. The van der Waals surface area contributed by atoms with E-state index in [4.69, 9.17) is 4.74 Å². The van der Waals surface area contributed by atoms with E-state index in [1.165, 1.54) is 0 Å². The molecular weight excluding hydrogens is 340 g/mol. The lowest BCUT2D eigenvalue weighted by molar-refractivity contribution is 0.0945. The number of aryl methyl sites for hydroxylation is 1. The Morgan fingerprint density at radius 3 is 2.52 bits per heavy atom. The fourth-order valence-electron chi connectivity index (χ4n) is 2.70. The van der Waals surface area contributed by atoms with Gasteiger partial charge in [0.25, 0.3) is 5.91 Å². The van der Waals surface area contributed by atoms with Gasteiger partial charge in [-0.05, 0) is 31.2 Å². The van der Waals surface area contributed by atoms with Crippen LogP contribution in [0, 0.1) is 6.92 Å². The van der Waals surface area contributed by atoms with Crippen molar-refractivity contribution in [1.82, 2.24) is 15.3 Å². The Bertz CT molecular complexity index is 928. The molecule has 0 atom stereocenters. The van der Waals surface area contributed by atoms with E-state index >= 15 is 0 Å². The molecule has 0 aliphatic rings. The topological polar surface area (TPSA) is 67.3 Å². The molecule has 0 saturated carbocycles. The van der Waals surface area contributed by atoms with Crippen LogP contribution >= 0.6 is 0 Å². The predicted octanol–water partition coefficient (Wildman–Crippen LogP) is 3.49. The number of hydrogen-bond donors (Lipinski definition) is 1. The van der Waals surface area contributed by atoms with Crippen LogP contribution < -0.4 is 15.0 Å². The maximum atomic E-state index is 12.6. The summed E-state index contributed by atoms with van der Waals surface area (Å²) in [6.45, 7) is 2.21. The number of anilines is 2. The largest absolute Gasteiger partial charge is 0.496 e. The Morgan fingerprint density at radius 1 is 1.07 bits per heavy atom. The normalized spacial score (nSPS) is 10.3. The molecule has 0 saturated heterocycles. The summed E-state index contributed by atoms with van der Waals surface area (Å²) in [6.07, 6.45) is 0. The lowest BCUT2D eigenvalue weighted by Crippen LogP contribution is -2.25. The third kappa shape index (κ3) is 4.41. The van der Waals surface area contributed by atoms with Crippen molar-refractivity contribution in [2.75, 3.05) is 19.1 Å². The van der Waals surface area contributed by atoms with Gasteiger partial charge in [-0.3, -0.25) is 4.79 Å². The summed E-state index contributed by atoms with van der Waals surface area (Å²) >= 11 is 0. The van der Waals surface area contributed by atoms with Gasteiger partial charge in [-0.15, -0.1) is 0 Å². The highest BCUT2D eigenvalue weighted by molar-refractivity contribution is 5.92. The molecule has 0 aliphatic heterocycles. The molecule has 6 nitrogen and oxygen atoms in total. The zero-order chi connectivity index (χ0) is 19.2. The second-order valence-corrected chi connectivity index (χ2v) is 6.08. The van der Waals surface area contributed by atoms with Crippen molar-refractivity contribution in [2.24, 2.45) is 0 Å². The summed E-state index contributed by atoms with van der Waals surface area (Å²) in [5.74, 6) is 0.957. The third-order valence-electron chi connectivity index (χ3n) is 4.15. The molecule has 1 N–H and O–H groups in total. The van der Waals surface area contributed by atoms with Gasteiger partial charge in [0.05, 0.1) is 7.11 Å². The van der Waals surface area contributed by atoms with Gasteiger partial charge in [0, 0.05) is 30.5 Å². The fraction of sp³-hybridized carbons (Fsp3) is 0.190. The van der Waals surface area contributed by atoms with E-state index in [-0.39, 0.29) is 5.91 Å². The Morgan fingerprint density at radius 2 is 1.78 bits per heavy atom. The van der Waals surface area contributed by atoms with E-state index in [2.05, 4.69) is 15.3 Å². The van der Waals surface area contributed by atoms with Crippen LogP contribution in [0.25, 0.3) is 0 Å². The maximum Gasteiger partial charge on any atom is 0.270 e. The Hall–Kier alpha value is -3.41. The number of carbonyl (C=O) groups excluding carboxylic acids is 1. The number of hydrogen-bond acceptors (Lipinski definition) is 5. The average molecular weight is 362 g/mol. The molecule has 0 radical (unpaired) electrons. The van der Waals surface area contributed by atoms with Crippen molar-refractivity contribution >= 4 is 17.5 Å². The number of aromatic nitrogens is 2. The fourth-order valence-corrected chi connectivity index (χ4v) is 2.70. The molecule has 0 fully saturated rings. The molecule has 3 rings (SSSR count). The second-order valence-electron chi connectivity index (χ2n) is 6.08. The molecule has 2 aromatic carbocycles. The molecule has 6 heteroatoms. The molecule has 27 heavy (non-hydrogen) atoms. The van der Waals surface area contributed by atoms with Crippen LogP contribution in [0.2, 0.25) is 0 Å². The minimum Gasteiger partial charge on any atom is -0.496 e. The smallest absolute Gasteiger partial charge is 0.270 e. The highest BCUT2D eigenvalue weighted by Crippen LogP contribution is 2.20. The monoisotopic (exact) mass is 362 g/mol. The van der Waals surface area contributed by atoms with Gasteiger partial charge in [0.15, 0.2) is 0 Å². The molecule has 0 bridgehead atoms. The van der Waals surface area contributed by atoms with E-state index in [0.717, 1.165) is 22.7 Å². The van der Waals surface area contributed by atoms with Crippen molar-refractivity contribution < 1.29 is 9.53 Å². The summed E-state index contributed by atoms with van der Waals surface area (Å²) in [6, 6.07) is 19.0. The zero-order valence-corrected chi connectivity index (χ0v) is 15.6. The summed E-state index contributed by atoms with van der Waals surface area (Å²) in [5.41, 5.74) is 2.91.